The molecule has 1 aliphatic rings. The van der Waals surface area contributed by atoms with Gasteiger partial charge in [-0.1, -0.05) is 0 Å². The van der Waals surface area contributed by atoms with Crippen LogP contribution in [0.2, 0.25) is 0 Å². The van der Waals surface area contributed by atoms with E-state index in [0.717, 1.165) is 29.5 Å². The minimum absolute atomic E-state index is 0.285. The molecule has 6 nitrogen and oxygen atoms in total. The van der Waals surface area contributed by atoms with Gasteiger partial charge in [0.1, 0.15) is 6.33 Å². The number of H-pyrrole nitrogens is 1. The molecule has 2 unspecified atom stereocenters. The largest absolute Gasteiger partial charge is 0.380 e. The van der Waals surface area contributed by atoms with Crippen LogP contribution in [0.4, 0.5) is 0 Å². The first kappa shape index (κ1) is 10.8. The van der Waals surface area contributed by atoms with Crippen LogP contribution in [-0.4, -0.2) is 39.9 Å². The molecule has 0 saturated carbocycles. The lowest BCUT2D eigenvalue weighted by molar-refractivity contribution is 0.117. The zero-order valence-corrected chi connectivity index (χ0v) is 10.2. The fraction of sp³-hybridized carbons (Fsp3) is 0.500. The number of aromatic nitrogens is 4. The maximum absolute atomic E-state index is 5.33. The molecule has 0 bridgehead atoms. The lowest BCUT2D eigenvalue weighted by atomic mass is 10.1. The van der Waals surface area contributed by atoms with Gasteiger partial charge in [-0.05, 0) is 6.42 Å². The molecule has 3 rings (SSSR count). The molecular formula is C10H13N5OS. The third kappa shape index (κ3) is 2.08. The van der Waals surface area contributed by atoms with E-state index >= 15 is 0 Å². The summed E-state index contributed by atoms with van der Waals surface area (Å²) in [5.74, 6) is 0.725. The molecule has 2 N–H and O–H groups in total. The predicted molar refractivity (Wildman–Crippen MR) is 63.6 cm³/mol. The highest BCUT2D eigenvalue weighted by molar-refractivity contribution is 7.13. The highest BCUT2D eigenvalue weighted by Gasteiger charge is 2.27. The number of hydrogen-bond acceptors (Lipinski definition) is 6. The molecule has 0 spiro atoms. The number of ether oxygens (including phenoxy) is 1. The van der Waals surface area contributed by atoms with Gasteiger partial charge in [0.15, 0.2) is 10.8 Å². The summed E-state index contributed by atoms with van der Waals surface area (Å²) in [6, 6.07) is 0.285. The molecule has 0 radical (unpaired) electrons. The average molecular weight is 251 g/mol. The van der Waals surface area contributed by atoms with Gasteiger partial charge in [-0.25, -0.2) is 9.97 Å². The van der Waals surface area contributed by atoms with Crippen molar-refractivity contribution in [3.8, 4) is 10.8 Å². The Morgan fingerprint density at radius 3 is 3.18 bits per heavy atom. The number of nitrogens with one attached hydrogen (secondary N) is 2. The highest BCUT2D eigenvalue weighted by atomic mass is 32.1. The number of aromatic amines is 1. The van der Waals surface area contributed by atoms with Crippen LogP contribution in [0.3, 0.4) is 0 Å². The molecule has 0 aromatic carbocycles. The van der Waals surface area contributed by atoms with E-state index in [1.165, 1.54) is 6.33 Å². The third-order valence-corrected chi connectivity index (χ3v) is 3.79. The second kappa shape index (κ2) is 4.52. The van der Waals surface area contributed by atoms with Crippen LogP contribution in [0.25, 0.3) is 10.8 Å². The van der Waals surface area contributed by atoms with Crippen molar-refractivity contribution in [2.24, 2.45) is 0 Å². The second-order valence-corrected chi connectivity index (χ2v) is 4.82. The minimum Gasteiger partial charge on any atom is -0.380 e. The first-order valence-corrected chi connectivity index (χ1v) is 6.32. The topological polar surface area (TPSA) is 75.7 Å². The molecule has 0 aliphatic carbocycles. The van der Waals surface area contributed by atoms with Gasteiger partial charge in [0.2, 0.25) is 0 Å². The molecular weight excluding hydrogens is 238 g/mol. The van der Waals surface area contributed by atoms with Gasteiger partial charge in [0, 0.05) is 19.0 Å². The van der Waals surface area contributed by atoms with E-state index in [0.29, 0.717) is 0 Å². The van der Waals surface area contributed by atoms with Crippen molar-refractivity contribution >= 4 is 11.3 Å². The SMILES string of the molecule is COC1CNC(c2csc(-c3ncn[nH]3)n2)C1. The Bertz CT molecular complexity index is 483. The van der Waals surface area contributed by atoms with Crippen molar-refractivity contribution in [1.29, 1.82) is 0 Å². The summed E-state index contributed by atoms with van der Waals surface area (Å²) < 4.78 is 5.33. The van der Waals surface area contributed by atoms with E-state index < -0.39 is 0 Å². The lowest BCUT2D eigenvalue weighted by Gasteiger charge is -2.06. The fourth-order valence-electron chi connectivity index (χ4n) is 1.97. The lowest BCUT2D eigenvalue weighted by Crippen LogP contribution is -2.16. The first-order valence-electron chi connectivity index (χ1n) is 5.44. The Kier molecular flexibility index (Phi) is 2.87. The van der Waals surface area contributed by atoms with Crippen LogP contribution in [0, 0.1) is 0 Å². The van der Waals surface area contributed by atoms with Gasteiger partial charge in [-0.3, -0.25) is 5.10 Å². The summed E-state index contributed by atoms with van der Waals surface area (Å²) in [5.41, 5.74) is 1.06. The van der Waals surface area contributed by atoms with Gasteiger partial charge in [0.25, 0.3) is 0 Å². The first-order chi connectivity index (χ1) is 8.36. The Labute approximate surface area is 102 Å². The van der Waals surface area contributed by atoms with Crippen LogP contribution in [0.15, 0.2) is 11.7 Å². The Morgan fingerprint density at radius 1 is 1.53 bits per heavy atom. The standard InChI is InChI=1S/C10H13N5OS/c1-16-6-2-7(11-3-6)8-4-17-10(14-8)9-12-5-13-15-9/h4-7,11H,2-3H2,1H3,(H,12,13,15). The average Bonchev–Trinajstić information content (AvgIpc) is 3.09. The molecule has 1 fully saturated rings. The van der Waals surface area contributed by atoms with Gasteiger partial charge >= 0.3 is 0 Å². The smallest absolute Gasteiger partial charge is 0.184 e. The zero-order chi connectivity index (χ0) is 11.7. The summed E-state index contributed by atoms with van der Waals surface area (Å²) in [7, 11) is 1.75. The molecule has 2 aromatic heterocycles. The summed E-state index contributed by atoms with van der Waals surface area (Å²) >= 11 is 1.58. The number of methoxy groups -OCH3 is 1. The van der Waals surface area contributed by atoms with Crippen molar-refractivity contribution in [3.63, 3.8) is 0 Å². The summed E-state index contributed by atoms with van der Waals surface area (Å²) in [4.78, 5) is 8.66. The summed E-state index contributed by atoms with van der Waals surface area (Å²) in [5, 5.41) is 13.0. The van der Waals surface area contributed by atoms with E-state index in [2.05, 4.69) is 30.9 Å². The Morgan fingerprint density at radius 2 is 2.47 bits per heavy atom. The van der Waals surface area contributed by atoms with Crippen LogP contribution in [0.5, 0.6) is 0 Å². The Balaban J connectivity index is 1.77. The maximum Gasteiger partial charge on any atom is 0.184 e. The number of thiazole rings is 1. The molecule has 2 atom stereocenters. The van der Waals surface area contributed by atoms with Crippen molar-refractivity contribution < 1.29 is 4.74 Å². The Hall–Kier alpha value is -1.31. The van der Waals surface area contributed by atoms with E-state index in [1.54, 1.807) is 18.4 Å². The zero-order valence-electron chi connectivity index (χ0n) is 9.38. The van der Waals surface area contributed by atoms with Crippen molar-refractivity contribution in [2.75, 3.05) is 13.7 Å². The van der Waals surface area contributed by atoms with Crippen LogP contribution >= 0.6 is 11.3 Å². The van der Waals surface area contributed by atoms with Gasteiger partial charge in [-0.2, -0.15) is 5.10 Å². The van der Waals surface area contributed by atoms with Crippen LogP contribution in [0.1, 0.15) is 18.2 Å². The summed E-state index contributed by atoms with van der Waals surface area (Å²) in [6.07, 6.45) is 2.75. The fourth-order valence-corrected chi connectivity index (χ4v) is 2.79. The van der Waals surface area contributed by atoms with Gasteiger partial charge < -0.3 is 10.1 Å². The van der Waals surface area contributed by atoms with Gasteiger partial charge in [0.05, 0.1) is 17.8 Å². The number of hydrogen-bond donors (Lipinski definition) is 2. The van der Waals surface area contributed by atoms with Crippen LogP contribution < -0.4 is 5.32 Å². The molecule has 3 heterocycles. The monoisotopic (exact) mass is 251 g/mol. The van der Waals surface area contributed by atoms with Crippen LogP contribution in [-0.2, 0) is 4.74 Å². The molecule has 1 aliphatic heterocycles. The number of nitrogens with zero attached hydrogens (tertiary/aromatic N) is 3. The highest BCUT2D eigenvalue weighted by Crippen LogP contribution is 2.28. The molecule has 1 saturated heterocycles. The second-order valence-electron chi connectivity index (χ2n) is 3.97. The summed E-state index contributed by atoms with van der Waals surface area (Å²) in [6.45, 7) is 0.885. The molecule has 0 amide bonds. The van der Waals surface area contributed by atoms with E-state index in [1.807, 2.05) is 0 Å². The maximum atomic E-state index is 5.33. The van der Waals surface area contributed by atoms with Crippen molar-refractivity contribution in [3.05, 3.63) is 17.4 Å². The molecule has 17 heavy (non-hydrogen) atoms. The normalized spacial score (nSPS) is 24.3. The quantitative estimate of drug-likeness (QED) is 0.850. The predicted octanol–water partition coefficient (Wildman–Crippen LogP) is 0.978. The van der Waals surface area contributed by atoms with Crippen molar-refractivity contribution in [2.45, 2.75) is 18.6 Å². The number of rotatable bonds is 3. The van der Waals surface area contributed by atoms with Crippen molar-refractivity contribution in [1.82, 2.24) is 25.5 Å². The molecule has 2 aromatic rings. The van der Waals surface area contributed by atoms with Gasteiger partial charge in [-0.15, -0.1) is 11.3 Å². The van der Waals surface area contributed by atoms with E-state index in [9.17, 15) is 0 Å². The molecule has 7 heteroatoms. The van der Waals surface area contributed by atoms with E-state index in [4.69, 9.17) is 4.74 Å². The molecule has 90 valence electrons. The van der Waals surface area contributed by atoms with E-state index in [-0.39, 0.29) is 12.1 Å². The third-order valence-electron chi connectivity index (χ3n) is 2.92. The minimum atomic E-state index is 0.285.